The Morgan fingerprint density at radius 3 is 2.21 bits per heavy atom. The second-order valence-electron chi connectivity index (χ2n) is 5.32. The predicted molar refractivity (Wildman–Crippen MR) is 91.8 cm³/mol. The maximum atomic E-state index is 14.0. The monoisotopic (exact) mass is 341 g/mol. The van der Waals surface area contributed by atoms with Gasteiger partial charge in [-0.15, -0.1) is 0 Å². The number of methoxy groups -OCH3 is 3. The highest BCUT2D eigenvalue weighted by Gasteiger charge is 2.27. The molecule has 1 heterocycles. The second-order valence-corrected chi connectivity index (χ2v) is 5.32. The average Bonchev–Trinajstić information content (AvgIpc) is 2.64. The van der Waals surface area contributed by atoms with Crippen LogP contribution >= 0.6 is 0 Å². The highest BCUT2D eigenvalue weighted by Crippen LogP contribution is 2.27. The predicted octanol–water partition coefficient (Wildman–Crippen LogP) is 3.47. The number of ether oxygens (including phenoxy) is 3. The summed E-state index contributed by atoms with van der Waals surface area (Å²) >= 11 is 0. The van der Waals surface area contributed by atoms with Crippen LogP contribution in [0.25, 0.3) is 0 Å². The molecule has 0 N–H and O–H groups in total. The van der Waals surface area contributed by atoms with Gasteiger partial charge >= 0.3 is 5.97 Å². The lowest BCUT2D eigenvalue weighted by molar-refractivity contribution is -0.141. The van der Waals surface area contributed by atoms with Crippen LogP contribution in [0.1, 0.15) is 37.0 Å². The number of rotatable bonds is 5. The molecule has 1 aromatic carbocycles. The number of piperidine rings is 1. The molecule has 0 spiro atoms. The normalized spacial score (nSPS) is 15.0. The number of anilines is 1. The molecule has 1 saturated heterocycles. The molecule has 1 aliphatic rings. The topological polar surface area (TPSA) is 48.0 Å². The third kappa shape index (κ3) is 4.92. The molecule has 1 aliphatic heterocycles. The lowest BCUT2D eigenvalue weighted by Gasteiger charge is -2.36. The molecular formula is C18H28FNO4. The summed E-state index contributed by atoms with van der Waals surface area (Å²) in [7, 11) is 4.52. The van der Waals surface area contributed by atoms with Crippen LogP contribution in [0.2, 0.25) is 0 Å². The van der Waals surface area contributed by atoms with E-state index in [-0.39, 0.29) is 11.9 Å². The van der Waals surface area contributed by atoms with Gasteiger partial charge in [0.25, 0.3) is 0 Å². The van der Waals surface area contributed by atoms with Crippen molar-refractivity contribution < 1.29 is 23.4 Å². The van der Waals surface area contributed by atoms with E-state index in [0.717, 1.165) is 31.6 Å². The van der Waals surface area contributed by atoms with Crippen LogP contribution in [-0.2, 0) is 14.2 Å². The Bertz CT molecular complexity index is 512. The van der Waals surface area contributed by atoms with Gasteiger partial charge in [-0.1, -0.05) is 13.8 Å². The zero-order chi connectivity index (χ0) is 18.1. The van der Waals surface area contributed by atoms with E-state index >= 15 is 0 Å². The van der Waals surface area contributed by atoms with Crippen molar-refractivity contribution in [2.45, 2.75) is 33.0 Å². The Morgan fingerprint density at radius 2 is 1.75 bits per heavy atom. The van der Waals surface area contributed by atoms with Gasteiger partial charge in [-0.3, -0.25) is 0 Å². The molecule has 0 unspecified atom stereocenters. The highest BCUT2D eigenvalue weighted by molar-refractivity contribution is 5.90. The van der Waals surface area contributed by atoms with E-state index in [0.29, 0.717) is 5.92 Å². The summed E-state index contributed by atoms with van der Waals surface area (Å²) in [5.41, 5.74) is 0.731. The van der Waals surface area contributed by atoms with Crippen LogP contribution in [0.15, 0.2) is 18.2 Å². The average molecular weight is 341 g/mol. The van der Waals surface area contributed by atoms with Crippen LogP contribution in [0.3, 0.4) is 0 Å². The van der Waals surface area contributed by atoms with E-state index in [4.69, 9.17) is 9.47 Å². The number of hydrogen-bond donors (Lipinski definition) is 0. The lowest BCUT2D eigenvalue weighted by Crippen LogP contribution is -2.39. The van der Waals surface area contributed by atoms with Gasteiger partial charge in [0, 0.05) is 38.9 Å². The summed E-state index contributed by atoms with van der Waals surface area (Å²) < 4.78 is 29.1. The molecular weight excluding hydrogens is 313 g/mol. The van der Waals surface area contributed by atoms with E-state index in [9.17, 15) is 9.18 Å². The molecule has 0 aromatic heterocycles. The van der Waals surface area contributed by atoms with Gasteiger partial charge < -0.3 is 19.1 Å². The Hall–Kier alpha value is -1.66. The zero-order valence-electron chi connectivity index (χ0n) is 15.2. The third-order valence-corrected chi connectivity index (χ3v) is 4.11. The van der Waals surface area contributed by atoms with Gasteiger partial charge in [0.15, 0.2) is 6.29 Å². The van der Waals surface area contributed by atoms with Crippen LogP contribution in [-0.4, -0.2) is 46.7 Å². The SMILES string of the molecule is CC.COC(=O)c1ccc(N2CCC(C(OC)OC)CC2)cc1F. The Kier molecular flexibility index (Phi) is 8.71. The summed E-state index contributed by atoms with van der Waals surface area (Å²) in [5, 5.41) is 0. The van der Waals surface area contributed by atoms with Crippen LogP contribution in [0.5, 0.6) is 0 Å². The smallest absolute Gasteiger partial charge is 0.340 e. The molecule has 1 fully saturated rings. The molecule has 136 valence electrons. The number of halogens is 1. The van der Waals surface area contributed by atoms with Crippen molar-refractivity contribution in [1.29, 1.82) is 0 Å². The van der Waals surface area contributed by atoms with Crippen molar-refractivity contribution in [3.63, 3.8) is 0 Å². The maximum Gasteiger partial charge on any atom is 0.340 e. The van der Waals surface area contributed by atoms with Gasteiger partial charge in [-0.2, -0.15) is 0 Å². The van der Waals surface area contributed by atoms with E-state index < -0.39 is 11.8 Å². The van der Waals surface area contributed by atoms with Crippen molar-refractivity contribution in [3.8, 4) is 0 Å². The molecule has 1 aromatic rings. The van der Waals surface area contributed by atoms with Crippen molar-refractivity contribution in [2.24, 2.45) is 5.92 Å². The minimum atomic E-state index is -0.661. The Balaban J connectivity index is 0.00000139. The van der Waals surface area contributed by atoms with Crippen molar-refractivity contribution in [3.05, 3.63) is 29.6 Å². The number of nitrogens with zero attached hydrogens (tertiary/aromatic N) is 1. The van der Waals surface area contributed by atoms with E-state index in [1.54, 1.807) is 20.3 Å². The number of benzene rings is 1. The maximum absolute atomic E-state index is 14.0. The number of esters is 1. The lowest BCUT2D eigenvalue weighted by atomic mass is 9.95. The van der Waals surface area contributed by atoms with E-state index in [1.165, 1.54) is 19.2 Å². The molecule has 0 atom stereocenters. The summed E-state index contributed by atoms with van der Waals surface area (Å²) in [6.45, 7) is 5.59. The largest absolute Gasteiger partial charge is 0.465 e. The van der Waals surface area contributed by atoms with Crippen LogP contribution in [0.4, 0.5) is 10.1 Å². The summed E-state index contributed by atoms with van der Waals surface area (Å²) in [5.74, 6) is -0.880. The molecule has 0 bridgehead atoms. The second kappa shape index (κ2) is 10.3. The van der Waals surface area contributed by atoms with E-state index in [2.05, 4.69) is 9.64 Å². The van der Waals surface area contributed by atoms with Crippen molar-refractivity contribution in [1.82, 2.24) is 0 Å². The fourth-order valence-corrected chi connectivity index (χ4v) is 2.89. The quantitative estimate of drug-likeness (QED) is 0.606. The minimum absolute atomic E-state index is 0.0417. The molecule has 6 heteroatoms. The summed E-state index contributed by atoms with van der Waals surface area (Å²) in [4.78, 5) is 13.5. The van der Waals surface area contributed by atoms with Crippen LogP contribution in [0, 0.1) is 11.7 Å². The fourth-order valence-electron chi connectivity index (χ4n) is 2.89. The molecule has 0 aliphatic carbocycles. The molecule has 0 radical (unpaired) electrons. The van der Waals surface area contributed by atoms with Crippen molar-refractivity contribution >= 4 is 11.7 Å². The molecule has 5 nitrogen and oxygen atoms in total. The first-order valence-electron chi connectivity index (χ1n) is 8.29. The zero-order valence-corrected chi connectivity index (χ0v) is 15.2. The first-order chi connectivity index (χ1) is 11.6. The highest BCUT2D eigenvalue weighted by atomic mass is 19.1. The van der Waals surface area contributed by atoms with Gasteiger partial charge in [0.05, 0.1) is 12.7 Å². The first kappa shape index (κ1) is 20.4. The molecule has 2 rings (SSSR count). The fraction of sp³-hybridized carbons (Fsp3) is 0.611. The van der Waals surface area contributed by atoms with E-state index in [1.807, 2.05) is 13.8 Å². The number of hydrogen-bond acceptors (Lipinski definition) is 5. The minimum Gasteiger partial charge on any atom is -0.465 e. The number of carbonyl (C=O) groups is 1. The van der Waals surface area contributed by atoms with Crippen molar-refractivity contribution in [2.75, 3.05) is 39.3 Å². The molecule has 24 heavy (non-hydrogen) atoms. The van der Waals surface area contributed by atoms with Gasteiger partial charge in [0.1, 0.15) is 5.82 Å². The Labute approximate surface area is 143 Å². The summed E-state index contributed by atoms with van der Waals surface area (Å²) in [6.07, 6.45) is 1.62. The van der Waals surface area contributed by atoms with Gasteiger partial charge in [-0.25, -0.2) is 9.18 Å². The van der Waals surface area contributed by atoms with Crippen LogP contribution < -0.4 is 4.90 Å². The molecule has 0 amide bonds. The summed E-state index contributed by atoms with van der Waals surface area (Å²) in [6, 6.07) is 4.60. The third-order valence-electron chi connectivity index (χ3n) is 4.11. The number of carbonyl (C=O) groups excluding carboxylic acids is 1. The van der Waals surface area contributed by atoms with Gasteiger partial charge in [0.2, 0.25) is 0 Å². The van der Waals surface area contributed by atoms with Gasteiger partial charge in [-0.05, 0) is 31.0 Å². The standard InChI is InChI=1S/C16H22FNO4.C2H6/c1-20-15(19)13-5-4-12(10-14(13)17)18-8-6-11(7-9-18)16(21-2)22-3;1-2/h4-5,10-11,16H,6-9H2,1-3H3;1-2H3. The Morgan fingerprint density at radius 1 is 1.17 bits per heavy atom. The molecule has 0 saturated carbocycles. The first-order valence-corrected chi connectivity index (χ1v) is 8.29.